The molecule has 16 heteroatoms. The van der Waals surface area contributed by atoms with E-state index in [1.165, 1.54) is 0 Å². The fourth-order valence-electron chi connectivity index (χ4n) is 2.29. The minimum atomic E-state index is -1.22. The van der Waals surface area contributed by atoms with Crippen molar-refractivity contribution in [2.24, 2.45) is 11.0 Å². The SMILES string of the molecule is N[C@@H](CCC(=O)N[C@@H](CS)C(=O)NCC(=O)O)C(=O)O.[N-]=[N+]=NN[C@@H](Cc1ccccc1)C(=O)O. The number of nitrogens with one attached hydrogen (secondary N) is 3. The van der Waals surface area contributed by atoms with E-state index < -0.39 is 54.4 Å². The zero-order chi connectivity index (χ0) is 26.8. The van der Waals surface area contributed by atoms with Crippen LogP contribution in [0.1, 0.15) is 18.4 Å². The molecule has 0 spiro atoms. The summed E-state index contributed by atoms with van der Waals surface area (Å²) in [6, 6.07) is 6.07. The monoisotopic (exact) mass is 513 g/mol. The fraction of sp³-hybridized carbons (Fsp3) is 0.421. The third-order valence-corrected chi connectivity index (χ3v) is 4.45. The number of carbonyl (C=O) groups excluding carboxylic acids is 2. The lowest BCUT2D eigenvalue weighted by Crippen LogP contribution is -2.49. The second-order valence-corrected chi connectivity index (χ2v) is 7.16. The Labute approximate surface area is 205 Å². The molecule has 0 radical (unpaired) electrons. The molecule has 0 bridgehead atoms. The number of carboxylic acid groups (broad SMARTS) is 3. The lowest BCUT2D eigenvalue weighted by atomic mass is 10.1. The molecule has 15 nitrogen and oxygen atoms in total. The number of amides is 2. The van der Waals surface area contributed by atoms with Gasteiger partial charge in [0, 0.05) is 18.6 Å². The largest absolute Gasteiger partial charge is 0.480 e. The number of thiol groups is 1. The molecule has 1 aromatic rings. The van der Waals surface area contributed by atoms with Crippen molar-refractivity contribution in [2.75, 3.05) is 12.3 Å². The number of nitrogens with zero attached hydrogens (tertiary/aromatic N) is 3. The third-order valence-electron chi connectivity index (χ3n) is 4.09. The maximum Gasteiger partial charge on any atom is 0.349 e. The summed E-state index contributed by atoms with van der Waals surface area (Å²) in [5.74, 6) is -4.75. The Hall–Kier alpha value is -4.01. The number of rotatable bonds is 14. The zero-order valence-corrected chi connectivity index (χ0v) is 19.3. The van der Waals surface area contributed by atoms with Gasteiger partial charge in [0.15, 0.2) is 6.04 Å². The molecule has 0 unspecified atom stereocenters. The van der Waals surface area contributed by atoms with Gasteiger partial charge in [0.25, 0.3) is 0 Å². The highest BCUT2D eigenvalue weighted by Gasteiger charge is 2.21. The van der Waals surface area contributed by atoms with Gasteiger partial charge in [-0.05, 0) is 17.2 Å². The molecule has 2 amide bonds. The van der Waals surface area contributed by atoms with Crippen molar-refractivity contribution in [3.8, 4) is 0 Å². The first-order valence-corrected chi connectivity index (χ1v) is 10.6. The molecule has 0 heterocycles. The first-order chi connectivity index (χ1) is 16.5. The second kappa shape index (κ2) is 17.5. The van der Waals surface area contributed by atoms with Gasteiger partial charge < -0.3 is 31.7 Å². The van der Waals surface area contributed by atoms with Crippen molar-refractivity contribution in [1.82, 2.24) is 16.1 Å². The summed E-state index contributed by atoms with van der Waals surface area (Å²) in [5, 5.41) is 33.2. The molecule has 0 fully saturated rings. The van der Waals surface area contributed by atoms with Gasteiger partial charge in [0.1, 0.15) is 18.6 Å². The van der Waals surface area contributed by atoms with E-state index in [0.717, 1.165) is 5.56 Å². The smallest absolute Gasteiger partial charge is 0.349 e. The Balaban J connectivity index is 0.000000686. The van der Waals surface area contributed by atoms with Gasteiger partial charge in [-0.1, -0.05) is 30.3 Å². The molecule has 0 aliphatic heterocycles. The first kappa shape index (κ1) is 31.0. The Morgan fingerprint density at radius 3 is 2.17 bits per heavy atom. The van der Waals surface area contributed by atoms with Crippen LogP contribution in [-0.4, -0.2) is 75.5 Å². The van der Waals surface area contributed by atoms with Crippen LogP contribution < -0.4 is 21.8 Å². The van der Waals surface area contributed by atoms with Gasteiger partial charge in [0.2, 0.25) is 11.8 Å². The van der Waals surface area contributed by atoms with Crippen LogP contribution in [0, 0.1) is 0 Å². The number of carbonyl (C=O) groups is 5. The quantitative estimate of drug-likeness (QED) is 0.0509. The van der Waals surface area contributed by atoms with Crippen LogP contribution in [0.2, 0.25) is 0 Å². The fourth-order valence-corrected chi connectivity index (χ4v) is 2.55. The molecular weight excluding hydrogens is 486 g/mol. The topological polar surface area (TPSA) is 257 Å². The van der Waals surface area contributed by atoms with Gasteiger partial charge in [-0.25, -0.2) is 10.2 Å². The van der Waals surface area contributed by atoms with Gasteiger partial charge in [-0.3, -0.25) is 19.2 Å². The van der Waals surface area contributed by atoms with Crippen molar-refractivity contribution in [1.29, 1.82) is 0 Å². The molecule has 8 N–H and O–H groups in total. The molecule has 0 saturated heterocycles. The van der Waals surface area contributed by atoms with Crippen LogP contribution in [0.4, 0.5) is 0 Å². The maximum atomic E-state index is 11.5. The average molecular weight is 514 g/mol. The molecule has 35 heavy (non-hydrogen) atoms. The van der Waals surface area contributed by atoms with Gasteiger partial charge in [0.05, 0.1) is 0 Å². The number of hydrogen-bond acceptors (Lipinski definition) is 8. The Morgan fingerprint density at radius 2 is 1.69 bits per heavy atom. The molecule has 3 atom stereocenters. The van der Waals surface area contributed by atoms with Gasteiger partial charge >= 0.3 is 17.9 Å². The number of carboxylic acids is 3. The van der Waals surface area contributed by atoms with Crippen LogP contribution in [0.25, 0.3) is 10.4 Å². The molecule has 0 saturated carbocycles. The summed E-state index contributed by atoms with van der Waals surface area (Å²) in [6.07, 6.45) is 0.0380. The van der Waals surface area contributed by atoms with E-state index in [1.807, 2.05) is 30.3 Å². The standard InChI is InChI=1S/C10H17N3O6S.C9H10N4O2/c11-5(10(18)19)1-2-7(14)13-6(4-20)9(17)12-3-8(15)16;10-12-13-11-8(9(14)15)6-7-4-2-1-3-5-7/h5-6,20H,1-4,11H2,(H,12,17)(H,13,14)(H,15,16)(H,18,19);1-5,8,11H,6H2,(H,14,15)/t5-,6-;8-/m00/s1. The van der Waals surface area contributed by atoms with E-state index >= 15 is 0 Å². The van der Waals surface area contributed by atoms with E-state index in [4.69, 9.17) is 26.6 Å². The minimum absolute atomic E-state index is 0.0256. The van der Waals surface area contributed by atoms with E-state index in [-0.39, 0.29) is 25.0 Å². The summed E-state index contributed by atoms with van der Waals surface area (Å²) in [6.45, 7) is -0.567. The molecule has 0 aliphatic carbocycles. The maximum absolute atomic E-state index is 11.5. The van der Waals surface area contributed by atoms with Crippen molar-refractivity contribution >= 4 is 42.4 Å². The van der Waals surface area contributed by atoms with Crippen molar-refractivity contribution in [3.05, 3.63) is 46.3 Å². The molecular formula is C19H27N7O8S. The Kier molecular flexibility index (Phi) is 15.5. The van der Waals surface area contributed by atoms with Crippen LogP contribution in [-0.2, 0) is 30.4 Å². The minimum Gasteiger partial charge on any atom is -0.480 e. The summed E-state index contributed by atoms with van der Waals surface area (Å²) >= 11 is 3.87. The van der Waals surface area contributed by atoms with E-state index in [1.54, 1.807) is 0 Å². The number of hydrogen-bond donors (Lipinski definition) is 8. The highest BCUT2D eigenvalue weighted by Crippen LogP contribution is 2.03. The summed E-state index contributed by atoms with van der Waals surface area (Å²) in [4.78, 5) is 57.0. The summed E-state index contributed by atoms with van der Waals surface area (Å²) in [5.41, 5.74) is 16.4. The van der Waals surface area contributed by atoms with E-state index in [2.05, 4.69) is 38.8 Å². The van der Waals surface area contributed by atoms with Crippen LogP contribution in [0.3, 0.4) is 0 Å². The van der Waals surface area contributed by atoms with Crippen molar-refractivity contribution < 1.29 is 39.3 Å². The average Bonchev–Trinajstić information content (AvgIpc) is 2.82. The molecule has 1 rings (SSSR count). The number of aliphatic carboxylic acids is 3. The summed E-state index contributed by atoms with van der Waals surface area (Å²) in [7, 11) is 0. The Morgan fingerprint density at radius 1 is 1.06 bits per heavy atom. The number of nitrogens with two attached hydrogens (primary N) is 1. The van der Waals surface area contributed by atoms with Crippen LogP contribution >= 0.6 is 12.6 Å². The normalized spacial score (nSPS) is 12.3. The lowest BCUT2D eigenvalue weighted by Gasteiger charge is -2.16. The van der Waals surface area contributed by atoms with Crippen LogP contribution in [0.15, 0.2) is 35.6 Å². The third kappa shape index (κ3) is 14.7. The van der Waals surface area contributed by atoms with Crippen molar-refractivity contribution in [3.63, 3.8) is 0 Å². The molecule has 0 aliphatic rings. The molecule has 192 valence electrons. The van der Waals surface area contributed by atoms with Crippen LogP contribution in [0.5, 0.6) is 0 Å². The van der Waals surface area contributed by atoms with E-state index in [0.29, 0.717) is 0 Å². The second-order valence-electron chi connectivity index (χ2n) is 6.80. The highest BCUT2D eigenvalue weighted by molar-refractivity contribution is 7.80. The van der Waals surface area contributed by atoms with Gasteiger partial charge in [-0.15, -0.1) is 5.53 Å². The highest BCUT2D eigenvalue weighted by atomic mass is 32.1. The predicted octanol–water partition coefficient (Wildman–Crippen LogP) is -0.709. The summed E-state index contributed by atoms with van der Waals surface area (Å²) < 4.78 is 0. The zero-order valence-electron chi connectivity index (χ0n) is 18.4. The Bertz CT molecular complexity index is 912. The van der Waals surface area contributed by atoms with Crippen molar-refractivity contribution in [2.45, 2.75) is 37.4 Å². The number of azide groups is 1. The molecule has 0 aromatic heterocycles. The van der Waals surface area contributed by atoms with Gasteiger partial charge in [-0.2, -0.15) is 17.5 Å². The number of benzene rings is 1. The van der Waals surface area contributed by atoms with E-state index in [9.17, 15) is 24.0 Å². The lowest BCUT2D eigenvalue weighted by molar-refractivity contribution is -0.140. The molecule has 1 aromatic carbocycles. The first-order valence-electron chi connectivity index (χ1n) is 9.96. The predicted molar refractivity (Wildman–Crippen MR) is 125 cm³/mol.